The van der Waals surface area contributed by atoms with E-state index in [1.807, 2.05) is 19.1 Å². The van der Waals surface area contributed by atoms with Crippen molar-refractivity contribution in [2.24, 2.45) is 0 Å². The van der Waals surface area contributed by atoms with Gasteiger partial charge in [0.2, 0.25) is 5.91 Å². The Labute approximate surface area is 128 Å². The Morgan fingerprint density at radius 3 is 2.67 bits per heavy atom. The maximum Gasteiger partial charge on any atom is 0.224 e. The van der Waals surface area contributed by atoms with E-state index in [0.29, 0.717) is 12.5 Å². The molecule has 1 fully saturated rings. The Morgan fingerprint density at radius 1 is 1.24 bits per heavy atom. The highest BCUT2D eigenvalue weighted by molar-refractivity contribution is 5.91. The van der Waals surface area contributed by atoms with Gasteiger partial charge in [-0.1, -0.05) is 44.4 Å². The van der Waals surface area contributed by atoms with Crippen molar-refractivity contribution < 1.29 is 4.79 Å². The minimum atomic E-state index is 0.116. The molecule has 1 amide bonds. The lowest BCUT2D eigenvalue weighted by Gasteiger charge is -2.31. The van der Waals surface area contributed by atoms with Crippen LogP contribution in [0, 0.1) is 0 Å². The van der Waals surface area contributed by atoms with Gasteiger partial charge in [-0.15, -0.1) is 0 Å². The zero-order chi connectivity index (χ0) is 15.1. The normalized spacial score (nSPS) is 16.1. The molecule has 1 N–H and O–H groups in total. The molecule has 1 aromatic rings. The zero-order valence-electron chi connectivity index (χ0n) is 13.4. The van der Waals surface area contributed by atoms with E-state index in [1.54, 1.807) is 0 Å². The molecule has 1 aromatic carbocycles. The second-order valence-corrected chi connectivity index (χ2v) is 6.16. The van der Waals surface area contributed by atoms with E-state index in [1.165, 1.54) is 37.7 Å². The number of rotatable bonds is 6. The summed E-state index contributed by atoms with van der Waals surface area (Å²) in [6, 6.07) is 8.88. The fourth-order valence-corrected chi connectivity index (χ4v) is 3.14. The molecule has 0 unspecified atom stereocenters. The number of para-hydroxylation sites is 1. The number of nitrogens with zero attached hydrogens (tertiary/aromatic N) is 1. The van der Waals surface area contributed by atoms with Crippen molar-refractivity contribution >= 4 is 11.6 Å². The van der Waals surface area contributed by atoms with Crippen molar-refractivity contribution in [2.75, 3.05) is 12.4 Å². The summed E-state index contributed by atoms with van der Waals surface area (Å²) in [7, 11) is 2.21. The largest absolute Gasteiger partial charge is 0.326 e. The first-order chi connectivity index (χ1) is 10.2. The maximum atomic E-state index is 11.8. The molecule has 0 aliphatic heterocycles. The van der Waals surface area contributed by atoms with Gasteiger partial charge >= 0.3 is 0 Å². The highest BCUT2D eigenvalue weighted by Gasteiger charge is 2.18. The molecule has 1 aliphatic rings. The Balaban J connectivity index is 2.00. The molecule has 3 nitrogen and oxygen atoms in total. The molecule has 0 radical (unpaired) electrons. The number of amides is 1. The van der Waals surface area contributed by atoms with Gasteiger partial charge < -0.3 is 5.32 Å². The van der Waals surface area contributed by atoms with Crippen LogP contribution in [0.4, 0.5) is 5.69 Å². The van der Waals surface area contributed by atoms with E-state index in [0.717, 1.165) is 18.7 Å². The van der Waals surface area contributed by atoms with Crippen molar-refractivity contribution in [1.82, 2.24) is 4.90 Å². The molecule has 21 heavy (non-hydrogen) atoms. The second-order valence-electron chi connectivity index (χ2n) is 6.16. The molecule has 116 valence electrons. The van der Waals surface area contributed by atoms with Crippen LogP contribution in [-0.2, 0) is 11.3 Å². The summed E-state index contributed by atoms with van der Waals surface area (Å²) >= 11 is 0. The third kappa shape index (κ3) is 4.85. The number of hydrogen-bond donors (Lipinski definition) is 1. The average Bonchev–Trinajstić information content (AvgIpc) is 2.50. The fourth-order valence-electron chi connectivity index (χ4n) is 3.14. The first-order valence-corrected chi connectivity index (χ1v) is 8.28. The lowest BCUT2D eigenvalue weighted by Crippen LogP contribution is -2.33. The summed E-state index contributed by atoms with van der Waals surface area (Å²) < 4.78 is 0. The lowest BCUT2D eigenvalue weighted by atomic mass is 9.94. The van der Waals surface area contributed by atoms with Gasteiger partial charge in [-0.3, -0.25) is 9.69 Å². The van der Waals surface area contributed by atoms with Crippen LogP contribution in [-0.4, -0.2) is 23.9 Å². The lowest BCUT2D eigenvalue weighted by molar-refractivity contribution is -0.116. The maximum absolute atomic E-state index is 11.8. The average molecular weight is 288 g/mol. The van der Waals surface area contributed by atoms with Crippen molar-refractivity contribution in [2.45, 2.75) is 64.5 Å². The van der Waals surface area contributed by atoms with Gasteiger partial charge in [-0.05, 0) is 37.9 Å². The summed E-state index contributed by atoms with van der Waals surface area (Å²) in [5.74, 6) is 0.116. The SMILES string of the molecule is CCCC(=O)Nc1ccccc1CN(C)C1CCCCC1. The molecular weight excluding hydrogens is 260 g/mol. The molecule has 3 heteroatoms. The first kappa shape index (κ1) is 16.0. The number of anilines is 1. The monoisotopic (exact) mass is 288 g/mol. The van der Waals surface area contributed by atoms with Crippen molar-refractivity contribution in [3.8, 4) is 0 Å². The molecular formula is C18H28N2O. The van der Waals surface area contributed by atoms with E-state index >= 15 is 0 Å². The smallest absolute Gasteiger partial charge is 0.224 e. The number of nitrogens with one attached hydrogen (secondary N) is 1. The van der Waals surface area contributed by atoms with E-state index in [9.17, 15) is 4.79 Å². The molecule has 0 heterocycles. The zero-order valence-corrected chi connectivity index (χ0v) is 13.4. The Morgan fingerprint density at radius 2 is 1.95 bits per heavy atom. The third-order valence-electron chi connectivity index (χ3n) is 4.39. The topological polar surface area (TPSA) is 32.3 Å². The van der Waals surface area contributed by atoms with Crippen LogP contribution in [0.5, 0.6) is 0 Å². The van der Waals surface area contributed by atoms with E-state index in [2.05, 4.69) is 29.4 Å². The minimum absolute atomic E-state index is 0.116. The van der Waals surface area contributed by atoms with Gasteiger partial charge in [-0.25, -0.2) is 0 Å². The molecule has 0 bridgehead atoms. The standard InChI is InChI=1S/C18H28N2O/c1-3-9-18(21)19-17-13-8-7-10-15(17)14-20(2)16-11-5-4-6-12-16/h7-8,10,13,16H,3-6,9,11-12,14H2,1-2H3,(H,19,21). The number of carbonyl (C=O) groups is 1. The van der Waals surface area contributed by atoms with Crippen LogP contribution in [0.2, 0.25) is 0 Å². The predicted octanol–water partition coefficient (Wildman–Crippen LogP) is 4.19. The summed E-state index contributed by atoms with van der Waals surface area (Å²) in [6.45, 7) is 2.94. The van der Waals surface area contributed by atoms with Crippen LogP contribution >= 0.6 is 0 Å². The molecule has 1 aliphatic carbocycles. The molecule has 0 atom stereocenters. The molecule has 1 saturated carbocycles. The Bertz CT molecular complexity index is 452. The summed E-state index contributed by atoms with van der Waals surface area (Å²) in [4.78, 5) is 14.3. The number of carbonyl (C=O) groups excluding carboxylic acids is 1. The second kappa shape index (κ2) is 8.18. The van der Waals surface area contributed by atoms with Gasteiger partial charge in [0.15, 0.2) is 0 Å². The Hall–Kier alpha value is -1.35. The fraction of sp³-hybridized carbons (Fsp3) is 0.611. The number of benzene rings is 1. The van der Waals surface area contributed by atoms with E-state index in [-0.39, 0.29) is 5.91 Å². The molecule has 0 saturated heterocycles. The Kier molecular flexibility index (Phi) is 6.24. The highest BCUT2D eigenvalue weighted by Crippen LogP contribution is 2.24. The quantitative estimate of drug-likeness (QED) is 0.851. The van der Waals surface area contributed by atoms with Crippen molar-refractivity contribution in [3.05, 3.63) is 29.8 Å². The van der Waals surface area contributed by atoms with Gasteiger partial charge in [0.25, 0.3) is 0 Å². The first-order valence-electron chi connectivity index (χ1n) is 8.28. The highest BCUT2D eigenvalue weighted by atomic mass is 16.1. The summed E-state index contributed by atoms with van der Waals surface area (Å²) in [5, 5.41) is 3.05. The molecule has 0 spiro atoms. The van der Waals surface area contributed by atoms with E-state index in [4.69, 9.17) is 0 Å². The summed E-state index contributed by atoms with van der Waals surface area (Å²) in [5.41, 5.74) is 2.19. The van der Waals surface area contributed by atoms with E-state index < -0.39 is 0 Å². The van der Waals surface area contributed by atoms with Crippen LogP contribution in [0.15, 0.2) is 24.3 Å². The van der Waals surface area contributed by atoms with Crippen LogP contribution in [0.1, 0.15) is 57.4 Å². The number of hydrogen-bond acceptors (Lipinski definition) is 2. The van der Waals surface area contributed by atoms with Crippen LogP contribution in [0.25, 0.3) is 0 Å². The van der Waals surface area contributed by atoms with Gasteiger partial charge in [0.05, 0.1) is 0 Å². The van der Waals surface area contributed by atoms with Gasteiger partial charge in [0, 0.05) is 24.7 Å². The van der Waals surface area contributed by atoms with Crippen LogP contribution in [0.3, 0.4) is 0 Å². The summed E-state index contributed by atoms with van der Waals surface area (Å²) in [6.07, 6.45) is 8.17. The van der Waals surface area contributed by atoms with Crippen LogP contribution < -0.4 is 5.32 Å². The van der Waals surface area contributed by atoms with Gasteiger partial charge in [0.1, 0.15) is 0 Å². The van der Waals surface area contributed by atoms with Crippen molar-refractivity contribution in [3.63, 3.8) is 0 Å². The predicted molar refractivity (Wildman–Crippen MR) is 88.3 cm³/mol. The third-order valence-corrected chi connectivity index (χ3v) is 4.39. The molecule has 2 rings (SSSR count). The van der Waals surface area contributed by atoms with Gasteiger partial charge in [-0.2, -0.15) is 0 Å². The van der Waals surface area contributed by atoms with Crippen molar-refractivity contribution in [1.29, 1.82) is 0 Å². The minimum Gasteiger partial charge on any atom is -0.326 e. The molecule has 0 aromatic heterocycles.